The Balaban J connectivity index is 1.43. The van der Waals surface area contributed by atoms with E-state index in [1.807, 2.05) is 12.3 Å². The summed E-state index contributed by atoms with van der Waals surface area (Å²) in [5.41, 5.74) is 1.06. The summed E-state index contributed by atoms with van der Waals surface area (Å²) in [6.45, 7) is 3.24. The van der Waals surface area contributed by atoms with Crippen LogP contribution in [0.5, 0.6) is 0 Å². The molecule has 5 heteroatoms. The Morgan fingerprint density at radius 1 is 1.38 bits per heavy atom. The Bertz CT molecular complexity index is 570. The van der Waals surface area contributed by atoms with Gasteiger partial charge in [0, 0.05) is 25.2 Å². The lowest BCUT2D eigenvalue weighted by molar-refractivity contribution is 0.228. The minimum atomic E-state index is 0.661. The third-order valence-corrected chi connectivity index (χ3v) is 5.19. The van der Waals surface area contributed by atoms with Gasteiger partial charge in [-0.3, -0.25) is 4.90 Å². The van der Waals surface area contributed by atoms with Crippen molar-refractivity contribution in [2.24, 2.45) is 0 Å². The van der Waals surface area contributed by atoms with Crippen molar-refractivity contribution >= 4 is 11.3 Å². The van der Waals surface area contributed by atoms with Gasteiger partial charge in [-0.1, -0.05) is 6.07 Å². The predicted octanol–water partition coefficient (Wildman–Crippen LogP) is 3.12. The van der Waals surface area contributed by atoms with Gasteiger partial charge in [-0.05, 0) is 43.7 Å². The quantitative estimate of drug-likeness (QED) is 0.890. The van der Waals surface area contributed by atoms with E-state index in [0.717, 1.165) is 35.6 Å². The van der Waals surface area contributed by atoms with Crippen LogP contribution in [0.4, 0.5) is 0 Å². The van der Waals surface area contributed by atoms with E-state index >= 15 is 0 Å². The highest BCUT2D eigenvalue weighted by atomic mass is 32.1. The highest BCUT2D eigenvalue weighted by molar-refractivity contribution is 7.13. The molecule has 0 amide bonds. The summed E-state index contributed by atoms with van der Waals surface area (Å²) in [6.07, 6.45) is 7.12. The van der Waals surface area contributed by atoms with Gasteiger partial charge in [-0.15, -0.1) is 11.3 Å². The number of aromatic nitrogens is 1. The molecule has 1 saturated heterocycles. The van der Waals surface area contributed by atoms with Gasteiger partial charge in [0.15, 0.2) is 0 Å². The number of rotatable bonds is 6. The van der Waals surface area contributed by atoms with Gasteiger partial charge in [0.1, 0.15) is 6.26 Å². The fourth-order valence-electron chi connectivity index (χ4n) is 3.08. The molecule has 112 valence electrons. The zero-order valence-corrected chi connectivity index (χ0v) is 12.9. The van der Waals surface area contributed by atoms with Crippen molar-refractivity contribution in [2.75, 3.05) is 13.1 Å². The summed E-state index contributed by atoms with van der Waals surface area (Å²) in [4.78, 5) is 8.35. The van der Waals surface area contributed by atoms with E-state index in [9.17, 15) is 0 Å². The predicted molar refractivity (Wildman–Crippen MR) is 84.3 cm³/mol. The van der Waals surface area contributed by atoms with Gasteiger partial charge in [-0.25, -0.2) is 4.98 Å². The van der Waals surface area contributed by atoms with Crippen molar-refractivity contribution in [3.8, 4) is 10.8 Å². The zero-order valence-electron chi connectivity index (χ0n) is 12.1. The Morgan fingerprint density at radius 3 is 3.05 bits per heavy atom. The van der Waals surface area contributed by atoms with Crippen molar-refractivity contribution in [2.45, 2.75) is 44.3 Å². The maximum atomic E-state index is 5.64. The summed E-state index contributed by atoms with van der Waals surface area (Å²) in [5, 5.41) is 5.66. The first-order valence-electron chi connectivity index (χ1n) is 7.84. The molecule has 2 aliphatic rings. The minimum Gasteiger partial charge on any atom is -0.444 e. The lowest BCUT2D eigenvalue weighted by Gasteiger charge is -2.24. The molecule has 1 saturated carbocycles. The van der Waals surface area contributed by atoms with Crippen LogP contribution in [0.25, 0.3) is 10.8 Å². The molecule has 21 heavy (non-hydrogen) atoms. The lowest BCUT2D eigenvalue weighted by atomic mass is 10.2. The molecule has 4 rings (SSSR count). The van der Waals surface area contributed by atoms with Gasteiger partial charge < -0.3 is 9.73 Å². The van der Waals surface area contributed by atoms with Gasteiger partial charge >= 0.3 is 0 Å². The van der Waals surface area contributed by atoms with Crippen molar-refractivity contribution in [1.29, 1.82) is 0 Å². The second-order valence-electron chi connectivity index (χ2n) is 6.08. The highest BCUT2D eigenvalue weighted by Crippen LogP contribution is 2.30. The first-order valence-corrected chi connectivity index (χ1v) is 8.72. The molecule has 2 fully saturated rings. The standard InChI is InChI=1S/C16H21N3OS/c1-3-12(17-7-1)9-19(14-5-6-14)10-13-11-20-16(18-13)15-4-2-8-21-15/h2,4,8,11-12,14,17H,1,3,5-7,9-10H2. The second-order valence-corrected chi connectivity index (χ2v) is 7.02. The molecule has 0 aromatic carbocycles. The van der Waals surface area contributed by atoms with Crippen molar-refractivity contribution in [1.82, 2.24) is 15.2 Å². The van der Waals surface area contributed by atoms with Crippen molar-refractivity contribution in [3.05, 3.63) is 29.5 Å². The van der Waals surface area contributed by atoms with Gasteiger partial charge in [-0.2, -0.15) is 0 Å². The summed E-state index contributed by atoms with van der Waals surface area (Å²) in [7, 11) is 0. The summed E-state index contributed by atoms with van der Waals surface area (Å²) in [6, 6.07) is 5.51. The molecule has 2 aromatic rings. The molecule has 2 aromatic heterocycles. The SMILES string of the molecule is c1csc(-c2nc(CN(CC3CCCN3)C3CC3)co2)c1. The van der Waals surface area contributed by atoms with E-state index in [1.54, 1.807) is 11.3 Å². The number of hydrogen-bond donors (Lipinski definition) is 1. The number of hydrogen-bond acceptors (Lipinski definition) is 5. The highest BCUT2D eigenvalue weighted by Gasteiger charge is 2.31. The van der Waals surface area contributed by atoms with Crippen LogP contribution in [0, 0.1) is 0 Å². The van der Waals surface area contributed by atoms with Crippen LogP contribution >= 0.6 is 11.3 Å². The Hall–Kier alpha value is -1.17. The first-order chi connectivity index (χ1) is 10.4. The van der Waals surface area contributed by atoms with Crippen LogP contribution in [0.15, 0.2) is 28.2 Å². The molecule has 0 spiro atoms. The number of nitrogens with zero attached hydrogens (tertiary/aromatic N) is 2. The molecular formula is C16H21N3OS. The lowest BCUT2D eigenvalue weighted by Crippen LogP contribution is -2.38. The number of thiophene rings is 1. The topological polar surface area (TPSA) is 41.3 Å². The monoisotopic (exact) mass is 303 g/mol. The number of nitrogens with one attached hydrogen (secondary N) is 1. The molecule has 1 N–H and O–H groups in total. The van der Waals surface area contributed by atoms with E-state index in [1.165, 1.54) is 32.2 Å². The molecule has 1 aliphatic heterocycles. The zero-order chi connectivity index (χ0) is 14.1. The molecular weight excluding hydrogens is 282 g/mol. The molecule has 0 radical (unpaired) electrons. The van der Waals surface area contributed by atoms with Gasteiger partial charge in [0.2, 0.25) is 5.89 Å². The van der Waals surface area contributed by atoms with E-state index in [0.29, 0.717) is 6.04 Å². The molecule has 0 bridgehead atoms. The van der Waals surface area contributed by atoms with Crippen LogP contribution in [0.1, 0.15) is 31.4 Å². The van der Waals surface area contributed by atoms with Crippen LogP contribution in [-0.4, -0.2) is 35.1 Å². The number of oxazole rings is 1. The normalized spacial score (nSPS) is 22.2. The Kier molecular flexibility index (Phi) is 3.80. The van der Waals surface area contributed by atoms with E-state index in [2.05, 4.69) is 26.6 Å². The molecule has 1 aliphatic carbocycles. The first kappa shape index (κ1) is 13.5. The third kappa shape index (κ3) is 3.20. The van der Waals surface area contributed by atoms with Crippen molar-refractivity contribution in [3.63, 3.8) is 0 Å². The van der Waals surface area contributed by atoms with Crippen LogP contribution in [0.3, 0.4) is 0 Å². The van der Waals surface area contributed by atoms with Crippen LogP contribution in [-0.2, 0) is 6.54 Å². The van der Waals surface area contributed by atoms with E-state index < -0.39 is 0 Å². The summed E-state index contributed by atoms with van der Waals surface area (Å²) in [5.74, 6) is 0.759. The van der Waals surface area contributed by atoms with E-state index in [4.69, 9.17) is 4.42 Å². The molecule has 3 heterocycles. The van der Waals surface area contributed by atoms with Crippen molar-refractivity contribution < 1.29 is 4.42 Å². The summed E-state index contributed by atoms with van der Waals surface area (Å²) < 4.78 is 5.64. The van der Waals surface area contributed by atoms with Crippen LogP contribution < -0.4 is 5.32 Å². The second kappa shape index (κ2) is 5.91. The molecule has 4 nitrogen and oxygen atoms in total. The largest absolute Gasteiger partial charge is 0.444 e. The van der Waals surface area contributed by atoms with Gasteiger partial charge in [0.05, 0.1) is 10.6 Å². The maximum Gasteiger partial charge on any atom is 0.236 e. The van der Waals surface area contributed by atoms with E-state index in [-0.39, 0.29) is 0 Å². The fourth-order valence-corrected chi connectivity index (χ4v) is 3.73. The molecule has 1 unspecified atom stereocenters. The third-order valence-electron chi connectivity index (χ3n) is 4.33. The molecule has 1 atom stereocenters. The van der Waals surface area contributed by atoms with Gasteiger partial charge in [0.25, 0.3) is 0 Å². The smallest absolute Gasteiger partial charge is 0.236 e. The Labute approximate surface area is 129 Å². The summed E-state index contributed by atoms with van der Waals surface area (Å²) >= 11 is 1.67. The van der Waals surface area contributed by atoms with Crippen LogP contribution in [0.2, 0.25) is 0 Å². The average molecular weight is 303 g/mol. The fraction of sp³-hybridized carbons (Fsp3) is 0.562. The minimum absolute atomic E-state index is 0.661. The average Bonchev–Trinajstić information content (AvgIpc) is 2.93. The maximum absolute atomic E-state index is 5.64. The Morgan fingerprint density at radius 2 is 2.33 bits per heavy atom.